The molecule has 0 radical (unpaired) electrons. The monoisotopic (exact) mass is 387 g/mol. The smallest absolute Gasteiger partial charge is 0.244 e. The summed E-state index contributed by atoms with van der Waals surface area (Å²) < 4.78 is 32.9. The lowest BCUT2D eigenvalue weighted by Gasteiger charge is -2.11. The second-order valence-electron chi connectivity index (χ2n) is 5.74. The van der Waals surface area contributed by atoms with Gasteiger partial charge in [-0.1, -0.05) is 11.2 Å². The zero-order chi connectivity index (χ0) is 19.4. The van der Waals surface area contributed by atoms with Crippen molar-refractivity contribution < 1.29 is 17.7 Å². The van der Waals surface area contributed by atoms with Crippen molar-refractivity contribution in [3.8, 4) is 11.4 Å². The second kappa shape index (κ2) is 7.64. The number of nitrogens with one attached hydrogen (secondary N) is 2. The quantitative estimate of drug-likeness (QED) is 0.663. The lowest BCUT2D eigenvalue weighted by atomic mass is 10.2. The lowest BCUT2D eigenvalue weighted by molar-refractivity contribution is -0.114. The van der Waals surface area contributed by atoms with E-state index in [2.05, 4.69) is 25.2 Å². The molecular formula is C17H17N5O4S. The van der Waals surface area contributed by atoms with Crippen LogP contribution in [-0.4, -0.2) is 29.4 Å². The minimum Gasteiger partial charge on any atom is -0.337 e. The Morgan fingerprint density at radius 1 is 1.19 bits per heavy atom. The number of anilines is 1. The Bertz CT molecular complexity index is 1050. The Hall–Kier alpha value is -3.11. The van der Waals surface area contributed by atoms with Gasteiger partial charge in [0.05, 0.1) is 10.9 Å². The van der Waals surface area contributed by atoms with E-state index in [0.717, 1.165) is 0 Å². The maximum Gasteiger partial charge on any atom is 0.244 e. The molecule has 3 rings (SSSR count). The maximum atomic E-state index is 12.6. The predicted molar refractivity (Wildman–Crippen MR) is 97.0 cm³/mol. The molecule has 0 aliphatic carbocycles. The SMILES string of the molecule is CC(=O)Nc1cccc(S(=O)(=O)N[C@@H](C)c2nc(-c3ccncc3)no2)c1. The topological polar surface area (TPSA) is 127 Å². The molecule has 2 N–H and O–H groups in total. The first-order valence-electron chi connectivity index (χ1n) is 7.99. The van der Waals surface area contributed by atoms with E-state index in [9.17, 15) is 13.2 Å². The van der Waals surface area contributed by atoms with Crippen molar-refractivity contribution in [2.24, 2.45) is 0 Å². The first-order chi connectivity index (χ1) is 12.8. The highest BCUT2D eigenvalue weighted by Gasteiger charge is 2.23. The molecule has 0 spiro atoms. The van der Waals surface area contributed by atoms with Crippen LogP contribution in [0.25, 0.3) is 11.4 Å². The van der Waals surface area contributed by atoms with Crippen molar-refractivity contribution in [3.63, 3.8) is 0 Å². The Morgan fingerprint density at radius 3 is 2.63 bits per heavy atom. The maximum absolute atomic E-state index is 12.6. The van der Waals surface area contributed by atoms with Gasteiger partial charge >= 0.3 is 0 Å². The van der Waals surface area contributed by atoms with Gasteiger partial charge in [0, 0.05) is 30.6 Å². The molecule has 3 aromatic rings. The van der Waals surface area contributed by atoms with Gasteiger partial charge in [0.2, 0.25) is 27.6 Å². The van der Waals surface area contributed by atoms with Crippen LogP contribution in [0.5, 0.6) is 0 Å². The fourth-order valence-electron chi connectivity index (χ4n) is 2.32. The minimum atomic E-state index is -3.86. The Kier molecular flexibility index (Phi) is 5.28. The number of amides is 1. The fourth-order valence-corrected chi connectivity index (χ4v) is 3.57. The highest BCUT2D eigenvalue weighted by molar-refractivity contribution is 7.89. The van der Waals surface area contributed by atoms with Crippen molar-refractivity contribution in [2.45, 2.75) is 24.8 Å². The summed E-state index contributed by atoms with van der Waals surface area (Å²) in [5.74, 6) is 0.176. The zero-order valence-electron chi connectivity index (χ0n) is 14.6. The van der Waals surface area contributed by atoms with E-state index in [1.807, 2.05) is 0 Å². The average Bonchev–Trinajstić information content (AvgIpc) is 3.12. The number of rotatable bonds is 6. The lowest BCUT2D eigenvalue weighted by Crippen LogP contribution is -2.27. The largest absolute Gasteiger partial charge is 0.337 e. The van der Waals surface area contributed by atoms with Crippen LogP contribution in [0, 0.1) is 0 Å². The molecule has 0 saturated heterocycles. The van der Waals surface area contributed by atoms with E-state index in [1.54, 1.807) is 43.6 Å². The molecule has 0 aliphatic rings. The van der Waals surface area contributed by atoms with E-state index in [0.29, 0.717) is 17.1 Å². The van der Waals surface area contributed by atoms with Crippen LogP contribution in [0.1, 0.15) is 25.8 Å². The first-order valence-corrected chi connectivity index (χ1v) is 9.47. The standard InChI is InChI=1S/C17H17N5O4S/c1-11(17-20-16(21-26-17)13-6-8-18-9-7-13)22-27(24,25)15-5-3-4-14(10-15)19-12(2)23/h3-11,22H,1-2H3,(H,19,23)/t11-/m0/s1. The summed E-state index contributed by atoms with van der Waals surface area (Å²) in [6.45, 7) is 2.94. The molecule has 0 fully saturated rings. The van der Waals surface area contributed by atoms with Gasteiger partial charge in [-0.15, -0.1) is 0 Å². The van der Waals surface area contributed by atoms with Gasteiger partial charge in [0.15, 0.2) is 0 Å². The minimum absolute atomic E-state index is 0.00877. The molecule has 0 unspecified atom stereocenters. The van der Waals surface area contributed by atoms with Crippen molar-refractivity contribution in [3.05, 3.63) is 54.7 Å². The number of carbonyl (C=O) groups is 1. The average molecular weight is 387 g/mol. The summed E-state index contributed by atoms with van der Waals surface area (Å²) in [5, 5.41) is 6.41. The molecule has 27 heavy (non-hydrogen) atoms. The molecule has 0 aliphatic heterocycles. The van der Waals surface area contributed by atoms with Crippen LogP contribution in [0.15, 0.2) is 58.2 Å². The third-order valence-electron chi connectivity index (χ3n) is 3.55. The van der Waals surface area contributed by atoms with Gasteiger partial charge in [-0.25, -0.2) is 8.42 Å². The number of carbonyl (C=O) groups excluding carboxylic acids is 1. The van der Waals surface area contributed by atoms with Crippen LogP contribution in [-0.2, 0) is 14.8 Å². The summed E-state index contributed by atoms with van der Waals surface area (Å²) in [5.41, 5.74) is 1.09. The van der Waals surface area contributed by atoms with E-state index in [4.69, 9.17) is 4.52 Å². The van der Waals surface area contributed by atoms with Crippen LogP contribution in [0.3, 0.4) is 0 Å². The number of hydrogen-bond acceptors (Lipinski definition) is 7. The van der Waals surface area contributed by atoms with Crippen molar-refractivity contribution in [1.82, 2.24) is 19.8 Å². The van der Waals surface area contributed by atoms with Crippen LogP contribution < -0.4 is 10.0 Å². The molecule has 1 amide bonds. The Labute approximate surface area is 155 Å². The van der Waals surface area contributed by atoms with Crippen LogP contribution >= 0.6 is 0 Å². The van der Waals surface area contributed by atoms with Crippen molar-refractivity contribution in [2.75, 3.05) is 5.32 Å². The highest BCUT2D eigenvalue weighted by atomic mass is 32.2. The normalized spacial score (nSPS) is 12.5. The van der Waals surface area contributed by atoms with Gasteiger partial charge in [-0.05, 0) is 37.3 Å². The molecule has 140 valence electrons. The molecule has 0 saturated carbocycles. The molecular weight excluding hydrogens is 370 g/mol. The molecule has 10 heteroatoms. The number of pyridine rings is 1. The van der Waals surface area contributed by atoms with E-state index >= 15 is 0 Å². The summed E-state index contributed by atoms with van der Waals surface area (Å²) in [6, 6.07) is 8.63. The van der Waals surface area contributed by atoms with E-state index < -0.39 is 16.1 Å². The van der Waals surface area contributed by atoms with Gasteiger partial charge < -0.3 is 9.84 Å². The van der Waals surface area contributed by atoms with Crippen LogP contribution in [0.2, 0.25) is 0 Å². The number of nitrogens with zero attached hydrogens (tertiary/aromatic N) is 3. The number of hydrogen-bond donors (Lipinski definition) is 2. The fraction of sp³-hybridized carbons (Fsp3) is 0.176. The summed E-state index contributed by atoms with van der Waals surface area (Å²) in [6.07, 6.45) is 3.19. The molecule has 1 atom stereocenters. The summed E-state index contributed by atoms with van der Waals surface area (Å²) in [7, 11) is -3.86. The molecule has 0 bridgehead atoms. The Morgan fingerprint density at radius 2 is 1.93 bits per heavy atom. The second-order valence-corrected chi connectivity index (χ2v) is 7.46. The van der Waals surface area contributed by atoms with Gasteiger partial charge in [-0.2, -0.15) is 9.71 Å². The summed E-state index contributed by atoms with van der Waals surface area (Å²) >= 11 is 0. The molecule has 1 aromatic carbocycles. The number of benzene rings is 1. The summed E-state index contributed by atoms with van der Waals surface area (Å²) in [4.78, 5) is 19.3. The number of aromatic nitrogens is 3. The van der Waals surface area contributed by atoms with Crippen molar-refractivity contribution >= 4 is 21.6 Å². The first kappa shape index (κ1) is 18.7. The van der Waals surface area contributed by atoms with E-state index in [-0.39, 0.29) is 16.7 Å². The molecule has 2 heterocycles. The molecule has 2 aromatic heterocycles. The third kappa shape index (κ3) is 4.54. The van der Waals surface area contributed by atoms with Gasteiger partial charge in [0.1, 0.15) is 0 Å². The third-order valence-corrected chi connectivity index (χ3v) is 5.09. The zero-order valence-corrected chi connectivity index (χ0v) is 15.4. The highest BCUT2D eigenvalue weighted by Crippen LogP contribution is 2.21. The van der Waals surface area contributed by atoms with Gasteiger partial charge in [0.25, 0.3) is 0 Å². The number of sulfonamides is 1. The van der Waals surface area contributed by atoms with E-state index in [1.165, 1.54) is 19.1 Å². The molecule has 9 nitrogen and oxygen atoms in total. The van der Waals surface area contributed by atoms with Crippen LogP contribution in [0.4, 0.5) is 5.69 Å². The van der Waals surface area contributed by atoms with Crippen molar-refractivity contribution in [1.29, 1.82) is 0 Å². The van der Waals surface area contributed by atoms with Gasteiger partial charge in [-0.3, -0.25) is 9.78 Å². The Balaban J connectivity index is 1.78. The predicted octanol–water partition coefficient (Wildman–Crippen LogP) is 2.13.